The van der Waals surface area contributed by atoms with E-state index in [4.69, 9.17) is 0 Å². The Hall–Kier alpha value is -3.19. The van der Waals surface area contributed by atoms with E-state index in [1.807, 2.05) is 39.0 Å². The van der Waals surface area contributed by atoms with Crippen LogP contribution in [-0.2, 0) is 11.0 Å². The van der Waals surface area contributed by atoms with Crippen molar-refractivity contribution in [1.82, 2.24) is 4.90 Å². The highest BCUT2D eigenvalue weighted by Gasteiger charge is 2.32. The SMILES string of the molecule is CC(C)(C)CC(C(=O)O)c1ccc(C(c2ccc(F)cc2)N2CCCCC2)c(-c2ccc(C(F)(F)F)cc2)c1. The first kappa shape index (κ1) is 28.8. The van der Waals surface area contributed by atoms with Crippen molar-refractivity contribution >= 4 is 5.97 Å². The Balaban J connectivity index is 1.91. The van der Waals surface area contributed by atoms with Crippen LogP contribution < -0.4 is 0 Å². The third-order valence-corrected chi connectivity index (χ3v) is 7.35. The van der Waals surface area contributed by atoms with Gasteiger partial charge in [0.05, 0.1) is 17.5 Å². The second-order valence-electron chi connectivity index (χ2n) is 11.6. The summed E-state index contributed by atoms with van der Waals surface area (Å²) in [4.78, 5) is 14.7. The summed E-state index contributed by atoms with van der Waals surface area (Å²) in [6, 6.07) is 16.6. The first-order valence-corrected chi connectivity index (χ1v) is 13.4. The quantitative estimate of drug-likeness (QED) is 0.304. The Morgan fingerprint density at radius 3 is 2.00 bits per heavy atom. The summed E-state index contributed by atoms with van der Waals surface area (Å²) in [6.07, 6.45) is -0.920. The second-order valence-corrected chi connectivity index (χ2v) is 11.6. The molecule has 0 spiro atoms. The Bertz CT molecular complexity index is 1270. The number of piperidine rings is 1. The summed E-state index contributed by atoms with van der Waals surface area (Å²) in [5, 5.41) is 10.1. The van der Waals surface area contributed by atoms with Gasteiger partial charge in [-0.2, -0.15) is 13.2 Å². The first-order chi connectivity index (χ1) is 18.3. The van der Waals surface area contributed by atoms with Crippen LogP contribution in [0.1, 0.15) is 80.7 Å². The maximum atomic E-state index is 13.9. The molecule has 0 aliphatic carbocycles. The number of hydrogen-bond acceptors (Lipinski definition) is 2. The molecule has 2 unspecified atom stereocenters. The van der Waals surface area contributed by atoms with E-state index in [-0.39, 0.29) is 17.3 Å². The van der Waals surface area contributed by atoms with Gasteiger partial charge in [-0.15, -0.1) is 0 Å². The Kier molecular flexibility index (Phi) is 8.50. The lowest BCUT2D eigenvalue weighted by molar-refractivity contribution is -0.139. The van der Waals surface area contributed by atoms with Crippen LogP contribution in [0.3, 0.4) is 0 Å². The number of carboxylic acids is 1. The van der Waals surface area contributed by atoms with Gasteiger partial charge in [0, 0.05) is 0 Å². The number of likely N-dealkylation sites (tertiary alicyclic amines) is 1. The van der Waals surface area contributed by atoms with Crippen molar-refractivity contribution in [2.24, 2.45) is 5.41 Å². The van der Waals surface area contributed by atoms with Crippen LogP contribution in [-0.4, -0.2) is 29.1 Å². The van der Waals surface area contributed by atoms with Crippen LogP contribution in [0.25, 0.3) is 11.1 Å². The van der Waals surface area contributed by atoms with Gasteiger partial charge in [-0.1, -0.05) is 63.6 Å². The number of nitrogens with zero attached hydrogens (tertiary/aromatic N) is 1. The van der Waals surface area contributed by atoms with Gasteiger partial charge in [-0.3, -0.25) is 9.69 Å². The molecule has 2 atom stereocenters. The summed E-state index contributed by atoms with van der Waals surface area (Å²) >= 11 is 0. The minimum Gasteiger partial charge on any atom is -0.481 e. The van der Waals surface area contributed by atoms with Gasteiger partial charge in [0.15, 0.2) is 0 Å². The molecule has 0 aromatic heterocycles. The van der Waals surface area contributed by atoms with E-state index in [0.29, 0.717) is 23.1 Å². The minimum absolute atomic E-state index is 0.249. The van der Waals surface area contributed by atoms with Crippen molar-refractivity contribution in [1.29, 1.82) is 0 Å². The molecule has 3 aromatic rings. The fraction of sp³-hybridized carbons (Fsp3) is 0.406. The molecule has 1 aliphatic heterocycles. The highest BCUT2D eigenvalue weighted by molar-refractivity contribution is 5.78. The first-order valence-electron chi connectivity index (χ1n) is 13.4. The maximum Gasteiger partial charge on any atom is 0.416 e. The van der Waals surface area contributed by atoms with Gasteiger partial charge < -0.3 is 5.11 Å². The molecule has 4 rings (SSSR count). The van der Waals surface area contributed by atoms with E-state index >= 15 is 0 Å². The predicted octanol–water partition coefficient (Wildman–Crippen LogP) is 8.69. The number of aliphatic carboxylic acids is 1. The smallest absolute Gasteiger partial charge is 0.416 e. The number of carboxylic acid groups (broad SMARTS) is 1. The van der Waals surface area contributed by atoms with E-state index in [1.165, 1.54) is 24.3 Å². The predicted molar refractivity (Wildman–Crippen MR) is 145 cm³/mol. The Labute approximate surface area is 227 Å². The van der Waals surface area contributed by atoms with Gasteiger partial charge in [0.25, 0.3) is 0 Å². The van der Waals surface area contributed by atoms with Gasteiger partial charge in [0.2, 0.25) is 0 Å². The normalized spacial score (nSPS) is 16.6. The molecule has 7 heteroatoms. The molecule has 39 heavy (non-hydrogen) atoms. The minimum atomic E-state index is -4.46. The molecule has 0 bridgehead atoms. The van der Waals surface area contributed by atoms with Crippen molar-refractivity contribution in [2.75, 3.05) is 13.1 Å². The molecular weight excluding hydrogens is 506 g/mol. The van der Waals surface area contributed by atoms with Crippen LogP contribution in [0, 0.1) is 11.2 Å². The summed E-state index contributed by atoms with van der Waals surface area (Å²) in [5.41, 5.74) is 2.60. The maximum absolute atomic E-state index is 13.9. The topological polar surface area (TPSA) is 40.5 Å². The Morgan fingerprint density at radius 2 is 1.46 bits per heavy atom. The average Bonchev–Trinajstić information content (AvgIpc) is 2.88. The summed E-state index contributed by atoms with van der Waals surface area (Å²) in [7, 11) is 0. The number of rotatable bonds is 7. The number of benzene rings is 3. The van der Waals surface area contributed by atoms with Crippen LogP contribution >= 0.6 is 0 Å². The third-order valence-electron chi connectivity index (χ3n) is 7.35. The van der Waals surface area contributed by atoms with Crippen LogP contribution in [0.4, 0.5) is 17.6 Å². The van der Waals surface area contributed by atoms with Crippen LogP contribution in [0.2, 0.25) is 0 Å². The van der Waals surface area contributed by atoms with Gasteiger partial charge >= 0.3 is 12.1 Å². The third kappa shape index (κ3) is 7.07. The Morgan fingerprint density at radius 1 is 0.872 bits per heavy atom. The van der Waals surface area contributed by atoms with E-state index < -0.39 is 23.6 Å². The fourth-order valence-corrected chi connectivity index (χ4v) is 5.49. The van der Waals surface area contributed by atoms with E-state index in [1.54, 1.807) is 12.1 Å². The van der Waals surface area contributed by atoms with Gasteiger partial charge in [0.1, 0.15) is 5.82 Å². The molecule has 1 aliphatic rings. The second kappa shape index (κ2) is 11.5. The lowest BCUT2D eigenvalue weighted by Crippen LogP contribution is -2.34. The molecule has 1 N–H and O–H groups in total. The molecular formula is C32H35F4NO2. The van der Waals surface area contributed by atoms with Gasteiger partial charge in [-0.25, -0.2) is 4.39 Å². The monoisotopic (exact) mass is 541 g/mol. The molecule has 1 fully saturated rings. The zero-order valence-corrected chi connectivity index (χ0v) is 22.6. The van der Waals surface area contributed by atoms with Crippen molar-refractivity contribution in [2.45, 2.75) is 64.6 Å². The van der Waals surface area contributed by atoms with Crippen molar-refractivity contribution in [3.8, 4) is 11.1 Å². The molecule has 0 saturated carbocycles. The lowest BCUT2D eigenvalue weighted by atomic mass is 9.79. The molecule has 0 radical (unpaired) electrons. The largest absolute Gasteiger partial charge is 0.481 e. The zero-order chi connectivity index (χ0) is 28.4. The number of alkyl halides is 3. The van der Waals surface area contributed by atoms with Gasteiger partial charge in [-0.05, 0) is 95.9 Å². The molecule has 1 heterocycles. The lowest BCUT2D eigenvalue weighted by Gasteiger charge is -2.36. The molecule has 3 aromatic carbocycles. The molecule has 3 nitrogen and oxygen atoms in total. The summed E-state index contributed by atoms with van der Waals surface area (Å²) in [6.45, 7) is 7.61. The zero-order valence-electron chi connectivity index (χ0n) is 22.6. The standard InChI is InChI=1S/C32H35F4NO2/c1-31(2,3)20-28(30(38)39)23-11-16-26(27(19-23)21-7-12-24(13-8-21)32(34,35)36)29(37-17-5-4-6-18-37)22-9-14-25(33)15-10-22/h7-16,19,28-29H,4-6,17-18,20H2,1-3H3,(H,38,39). The number of halogens is 4. The van der Waals surface area contributed by atoms with E-state index in [9.17, 15) is 27.5 Å². The molecule has 208 valence electrons. The van der Waals surface area contributed by atoms with Crippen LogP contribution in [0.5, 0.6) is 0 Å². The fourth-order valence-electron chi connectivity index (χ4n) is 5.49. The van der Waals surface area contributed by atoms with Crippen molar-refractivity contribution in [3.05, 3.63) is 94.8 Å². The summed E-state index contributed by atoms with van der Waals surface area (Å²) < 4.78 is 53.9. The molecule has 1 saturated heterocycles. The van der Waals surface area contributed by atoms with Crippen molar-refractivity contribution in [3.63, 3.8) is 0 Å². The highest BCUT2D eigenvalue weighted by atomic mass is 19.4. The number of hydrogen-bond donors (Lipinski definition) is 1. The van der Waals surface area contributed by atoms with E-state index in [2.05, 4.69) is 4.90 Å². The van der Waals surface area contributed by atoms with E-state index in [0.717, 1.165) is 55.6 Å². The van der Waals surface area contributed by atoms with Crippen molar-refractivity contribution < 1.29 is 27.5 Å². The van der Waals surface area contributed by atoms with Crippen LogP contribution in [0.15, 0.2) is 66.7 Å². The highest BCUT2D eigenvalue weighted by Crippen LogP contribution is 2.41. The molecule has 0 amide bonds. The average molecular weight is 542 g/mol. The number of carbonyl (C=O) groups is 1. The summed E-state index contributed by atoms with van der Waals surface area (Å²) in [5.74, 6) is -2.06.